The van der Waals surface area contributed by atoms with Crippen LogP contribution in [-0.4, -0.2) is 37.2 Å². The molecule has 1 saturated heterocycles. The lowest BCUT2D eigenvalue weighted by molar-refractivity contribution is 0.127. The number of ether oxygens (including phenoxy) is 1. The van der Waals surface area contributed by atoms with Gasteiger partial charge in [0.25, 0.3) is 0 Å². The molecule has 0 radical (unpaired) electrons. The van der Waals surface area contributed by atoms with Gasteiger partial charge < -0.3 is 10.5 Å². The van der Waals surface area contributed by atoms with Gasteiger partial charge in [-0.1, -0.05) is 28.1 Å². The molecule has 2 rings (SSSR count). The molecule has 2 atom stereocenters. The molecule has 2 unspecified atom stereocenters. The Kier molecular flexibility index (Phi) is 5.18. The van der Waals surface area contributed by atoms with E-state index in [4.69, 9.17) is 10.5 Å². The molecule has 0 aromatic heterocycles. The van der Waals surface area contributed by atoms with E-state index >= 15 is 0 Å². The van der Waals surface area contributed by atoms with Gasteiger partial charge in [0.1, 0.15) is 0 Å². The van der Waals surface area contributed by atoms with Crippen molar-refractivity contribution in [3.8, 4) is 0 Å². The van der Waals surface area contributed by atoms with E-state index in [-0.39, 0.29) is 12.1 Å². The second kappa shape index (κ2) is 6.66. The maximum atomic E-state index is 6.20. The average Bonchev–Trinajstić information content (AvgIpc) is 2.58. The Morgan fingerprint density at radius 1 is 1.33 bits per heavy atom. The minimum Gasteiger partial charge on any atom is -0.380 e. The number of halogens is 1. The molecule has 3 nitrogen and oxygen atoms in total. The number of hydrogen-bond acceptors (Lipinski definition) is 3. The molecule has 100 valence electrons. The molecule has 1 aliphatic heterocycles. The fourth-order valence-corrected chi connectivity index (χ4v) is 3.00. The van der Waals surface area contributed by atoms with Crippen molar-refractivity contribution in [2.24, 2.45) is 5.73 Å². The van der Waals surface area contributed by atoms with Crippen LogP contribution in [0.15, 0.2) is 28.7 Å². The molecule has 0 amide bonds. The van der Waals surface area contributed by atoms with E-state index < -0.39 is 0 Å². The van der Waals surface area contributed by atoms with Crippen LogP contribution >= 0.6 is 15.9 Å². The van der Waals surface area contributed by atoms with E-state index in [1.54, 1.807) is 0 Å². The Balaban J connectivity index is 2.21. The van der Waals surface area contributed by atoms with Crippen LogP contribution in [0.3, 0.4) is 0 Å². The summed E-state index contributed by atoms with van der Waals surface area (Å²) < 4.78 is 6.63. The normalized spacial score (nSPS) is 21.3. The molecular weight excluding hydrogens is 292 g/mol. The van der Waals surface area contributed by atoms with Crippen LogP contribution < -0.4 is 5.73 Å². The molecule has 4 heteroatoms. The Morgan fingerprint density at radius 3 is 2.89 bits per heavy atom. The van der Waals surface area contributed by atoms with Crippen LogP contribution in [0, 0.1) is 0 Å². The largest absolute Gasteiger partial charge is 0.380 e. The molecule has 0 bridgehead atoms. The summed E-state index contributed by atoms with van der Waals surface area (Å²) in [5.74, 6) is 0. The maximum absolute atomic E-state index is 6.20. The second-order valence-corrected chi connectivity index (χ2v) is 5.78. The van der Waals surface area contributed by atoms with Crippen molar-refractivity contribution in [1.82, 2.24) is 4.90 Å². The Labute approximate surface area is 117 Å². The van der Waals surface area contributed by atoms with Gasteiger partial charge in [0.15, 0.2) is 0 Å². The fraction of sp³-hybridized carbons (Fsp3) is 0.571. The summed E-state index contributed by atoms with van der Waals surface area (Å²) >= 11 is 3.53. The lowest BCUT2D eigenvalue weighted by Gasteiger charge is -2.33. The first-order valence-electron chi connectivity index (χ1n) is 6.51. The van der Waals surface area contributed by atoms with Gasteiger partial charge in [-0.2, -0.15) is 0 Å². The third kappa shape index (κ3) is 3.54. The van der Waals surface area contributed by atoms with E-state index in [0.29, 0.717) is 0 Å². The van der Waals surface area contributed by atoms with Gasteiger partial charge in [0, 0.05) is 36.3 Å². The van der Waals surface area contributed by atoms with Gasteiger partial charge in [0.05, 0.1) is 6.61 Å². The zero-order valence-electron chi connectivity index (χ0n) is 10.8. The Bertz CT molecular complexity index is 376. The monoisotopic (exact) mass is 312 g/mol. The predicted molar refractivity (Wildman–Crippen MR) is 77.5 cm³/mol. The minimum absolute atomic E-state index is 0.109. The van der Waals surface area contributed by atoms with E-state index in [9.17, 15) is 0 Å². The molecule has 1 heterocycles. The van der Waals surface area contributed by atoms with Gasteiger partial charge in [-0.15, -0.1) is 0 Å². The van der Waals surface area contributed by atoms with Crippen molar-refractivity contribution >= 4 is 15.9 Å². The highest BCUT2D eigenvalue weighted by atomic mass is 79.9. The quantitative estimate of drug-likeness (QED) is 0.932. The number of benzene rings is 1. The van der Waals surface area contributed by atoms with Crippen molar-refractivity contribution < 1.29 is 4.74 Å². The number of rotatable bonds is 3. The lowest BCUT2D eigenvalue weighted by atomic mass is 9.99. The SMILES string of the molecule is CC(N)C(c1cccc(Br)c1)N1CCCOCC1. The minimum atomic E-state index is 0.109. The first-order valence-corrected chi connectivity index (χ1v) is 7.30. The van der Waals surface area contributed by atoms with E-state index in [0.717, 1.165) is 37.2 Å². The van der Waals surface area contributed by atoms with E-state index in [2.05, 4.69) is 46.0 Å². The Hall–Kier alpha value is -0.420. The predicted octanol–water partition coefficient (Wildman–Crippen LogP) is 2.56. The van der Waals surface area contributed by atoms with Crippen molar-refractivity contribution in [2.75, 3.05) is 26.3 Å². The lowest BCUT2D eigenvalue weighted by Crippen LogP contribution is -2.40. The van der Waals surface area contributed by atoms with Crippen molar-refractivity contribution in [3.05, 3.63) is 34.3 Å². The highest BCUT2D eigenvalue weighted by Gasteiger charge is 2.24. The standard InChI is InChI=1S/C14H21BrN2O/c1-11(16)14(12-4-2-5-13(15)10-12)17-6-3-8-18-9-7-17/h2,4-5,10-11,14H,3,6-9,16H2,1H3. The summed E-state index contributed by atoms with van der Waals surface area (Å²) in [4.78, 5) is 2.44. The summed E-state index contributed by atoms with van der Waals surface area (Å²) in [7, 11) is 0. The summed E-state index contributed by atoms with van der Waals surface area (Å²) in [6.45, 7) is 5.76. The molecule has 0 spiro atoms. The van der Waals surface area contributed by atoms with Gasteiger partial charge >= 0.3 is 0 Å². The summed E-state index contributed by atoms with van der Waals surface area (Å²) in [6, 6.07) is 8.82. The first-order chi connectivity index (χ1) is 8.68. The number of nitrogens with zero attached hydrogens (tertiary/aromatic N) is 1. The Morgan fingerprint density at radius 2 is 2.17 bits per heavy atom. The van der Waals surface area contributed by atoms with Crippen LogP contribution in [0.5, 0.6) is 0 Å². The van der Waals surface area contributed by atoms with Gasteiger partial charge in [-0.25, -0.2) is 0 Å². The topological polar surface area (TPSA) is 38.5 Å². The van der Waals surface area contributed by atoms with Crippen LogP contribution in [0.2, 0.25) is 0 Å². The smallest absolute Gasteiger partial charge is 0.0593 e. The maximum Gasteiger partial charge on any atom is 0.0593 e. The summed E-state index contributed by atoms with van der Waals surface area (Å²) in [5.41, 5.74) is 7.48. The molecule has 1 aromatic rings. The van der Waals surface area contributed by atoms with Gasteiger partial charge in [-0.05, 0) is 31.0 Å². The van der Waals surface area contributed by atoms with Crippen LogP contribution in [-0.2, 0) is 4.74 Å². The third-order valence-corrected chi connectivity index (χ3v) is 3.83. The highest BCUT2D eigenvalue weighted by molar-refractivity contribution is 9.10. The van der Waals surface area contributed by atoms with Crippen LogP contribution in [0.4, 0.5) is 0 Å². The average molecular weight is 313 g/mol. The molecule has 0 aliphatic carbocycles. The highest BCUT2D eigenvalue weighted by Crippen LogP contribution is 2.26. The molecule has 1 fully saturated rings. The summed E-state index contributed by atoms with van der Waals surface area (Å²) in [5, 5.41) is 0. The molecule has 1 aromatic carbocycles. The first kappa shape index (κ1) is 14.0. The zero-order valence-corrected chi connectivity index (χ0v) is 12.4. The van der Waals surface area contributed by atoms with Crippen LogP contribution in [0.1, 0.15) is 24.9 Å². The molecular formula is C14H21BrN2O. The van der Waals surface area contributed by atoms with Gasteiger partial charge in [-0.3, -0.25) is 4.90 Å². The fourth-order valence-electron chi connectivity index (χ4n) is 2.58. The van der Waals surface area contributed by atoms with E-state index in [1.165, 1.54) is 5.56 Å². The van der Waals surface area contributed by atoms with Crippen molar-refractivity contribution in [1.29, 1.82) is 0 Å². The third-order valence-electron chi connectivity index (χ3n) is 3.34. The van der Waals surface area contributed by atoms with Gasteiger partial charge in [0.2, 0.25) is 0 Å². The van der Waals surface area contributed by atoms with Crippen LogP contribution in [0.25, 0.3) is 0 Å². The second-order valence-electron chi connectivity index (χ2n) is 4.86. The molecule has 1 aliphatic rings. The van der Waals surface area contributed by atoms with Crippen molar-refractivity contribution in [2.45, 2.75) is 25.4 Å². The molecule has 2 N–H and O–H groups in total. The van der Waals surface area contributed by atoms with E-state index in [1.807, 2.05) is 6.07 Å². The number of hydrogen-bond donors (Lipinski definition) is 1. The zero-order chi connectivity index (χ0) is 13.0. The van der Waals surface area contributed by atoms with Crippen molar-refractivity contribution in [3.63, 3.8) is 0 Å². The molecule has 18 heavy (non-hydrogen) atoms. The molecule has 0 saturated carbocycles. The number of nitrogens with two attached hydrogens (primary N) is 1. The summed E-state index contributed by atoms with van der Waals surface area (Å²) in [6.07, 6.45) is 1.08.